The van der Waals surface area contributed by atoms with Crippen LogP contribution in [0.4, 0.5) is 5.82 Å². The molecule has 0 amide bonds. The van der Waals surface area contributed by atoms with E-state index in [9.17, 15) is 0 Å². The second-order valence-corrected chi connectivity index (χ2v) is 7.98. The monoisotopic (exact) mass is 471 g/mol. The Labute approximate surface area is 193 Å². The number of ether oxygens (including phenoxy) is 2. The minimum Gasteiger partial charge on any atom is -0.471 e. The Balaban J connectivity index is 1.41. The number of rotatable bonds is 5. The van der Waals surface area contributed by atoms with E-state index in [1.54, 1.807) is 6.07 Å². The maximum absolute atomic E-state index is 6.18. The van der Waals surface area contributed by atoms with Crippen LogP contribution in [0.3, 0.4) is 0 Å². The molecular weight excluding hydrogens is 453 g/mol. The molecule has 1 atom stereocenters. The first kappa shape index (κ1) is 20.9. The van der Waals surface area contributed by atoms with Crippen LogP contribution in [0.25, 0.3) is 22.2 Å². The highest BCUT2D eigenvalue weighted by atomic mass is 35.5. The van der Waals surface area contributed by atoms with E-state index in [2.05, 4.69) is 30.3 Å². The summed E-state index contributed by atoms with van der Waals surface area (Å²) in [5.41, 5.74) is 9.07. The summed E-state index contributed by atoms with van der Waals surface area (Å²) in [7, 11) is 0. The zero-order chi connectivity index (χ0) is 22.1. The summed E-state index contributed by atoms with van der Waals surface area (Å²) >= 11 is 12.3. The SMILES string of the molecule is N[C@@H](Oc1ccc2[nH]nc(-c3ccc(N4CCOCC4)nc3)c2c1)c1c(Cl)cnnc1Cl. The maximum Gasteiger partial charge on any atom is 0.178 e. The number of pyridine rings is 1. The molecule has 0 aliphatic carbocycles. The third-order valence-corrected chi connectivity index (χ3v) is 5.81. The summed E-state index contributed by atoms with van der Waals surface area (Å²) in [6.45, 7) is 3.09. The van der Waals surface area contributed by atoms with Crippen molar-refractivity contribution < 1.29 is 9.47 Å². The molecule has 5 rings (SSSR count). The molecule has 1 aliphatic rings. The molecule has 0 saturated carbocycles. The van der Waals surface area contributed by atoms with Crippen LogP contribution in [0.15, 0.2) is 42.7 Å². The Hall–Kier alpha value is -2.98. The quantitative estimate of drug-likeness (QED) is 0.424. The van der Waals surface area contributed by atoms with Gasteiger partial charge in [0.05, 0.1) is 35.5 Å². The lowest BCUT2D eigenvalue weighted by Gasteiger charge is -2.27. The van der Waals surface area contributed by atoms with Gasteiger partial charge in [-0.3, -0.25) is 10.8 Å². The molecule has 11 heteroatoms. The molecule has 3 N–H and O–H groups in total. The van der Waals surface area contributed by atoms with Gasteiger partial charge in [0.25, 0.3) is 0 Å². The number of nitrogens with two attached hydrogens (primary N) is 1. The number of H-pyrrole nitrogens is 1. The molecule has 0 unspecified atom stereocenters. The Bertz CT molecular complexity index is 1220. The van der Waals surface area contributed by atoms with Crippen LogP contribution >= 0.6 is 23.2 Å². The number of nitrogens with one attached hydrogen (secondary N) is 1. The van der Waals surface area contributed by atoms with Crippen molar-refractivity contribution in [3.8, 4) is 17.0 Å². The van der Waals surface area contributed by atoms with Gasteiger partial charge in [0.15, 0.2) is 11.4 Å². The molecule has 164 valence electrons. The van der Waals surface area contributed by atoms with Crippen molar-refractivity contribution in [1.29, 1.82) is 0 Å². The number of hydrogen-bond donors (Lipinski definition) is 2. The van der Waals surface area contributed by atoms with E-state index in [1.807, 2.05) is 30.5 Å². The van der Waals surface area contributed by atoms with E-state index in [0.29, 0.717) is 24.5 Å². The van der Waals surface area contributed by atoms with Gasteiger partial charge in [-0.05, 0) is 30.3 Å². The van der Waals surface area contributed by atoms with Crippen molar-refractivity contribution >= 4 is 39.9 Å². The smallest absolute Gasteiger partial charge is 0.178 e. The Morgan fingerprint density at radius 2 is 1.97 bits per heavy atom. The van der Waals surface area contributed by atoms with Crippen LogP contribution in [0, 0.1) is 0 Å². The Kier molecular flexibility index (Phi) is 5.79. The third-order valence-electron chi connectivity index (χ3n) is 5.23. The first-order chi connectivity index (χ1) is 15.6. The van der Waals surface area contributed by atoms with Gasteiger partial charge >= 0.3 is 0 Å². The number of benzene rings is 1. The number of hydrogen-bond acceptors (Lipinski definition) is 8. The first-order valence-corrected chi connectivity index (χ1v) is 10.7. The minimum atomic E-state index is -0.909. The van der Waals surface area contributed by atoms with Gasteiger partial charge in [0.2, 0.25) is 0 Å². The number of nitrogens with zero attached hydrogens (tertiary/aromatic N) is 5. The number of aromatic amines is 1. The number of fused-ring (bicyclic) bond motifs is 1. The van der Waals surface area contributed by atoms with Crippen LogP contribution in [-0.2, 0) is 4.74 Å². The molecule has 3 aromatic heterocycles. The van der Waals surface area contributed by atoms with Crippen molar-refractivity contribution in [2.45, 2.75) is 6.23 Å². The predicted octanol–water partition coefficient (Wildman–Crippen LogP) is 3.59. The van der Waals surface area contributed by atoms with Gasteiger partial charge in [-0.25, -0.2) is 4.98 Å². The van der Waals surface area contributed by atoms with E-state index < -0.39 is 6.23 Å². The van der Waals surface area contributed by atoms with E-state index in [1.165, 1.54) is 6.20 Å². The summed E-state index contributed by atoms with van der Waals surface area (Å²) in [5, 5.41) is 16.2. The fourth-order valence-corrected chi connectivity index (χ4v) is 4.15. The van der Waals surface area contributed by atoms with Gasteiger partial charge in [-0.1, -0.05) is 23.2 Å². The lowest BCUT2D eigenvalue weighted by Crippen LogP contribution is -2.36. The molecule has 1 saturated heterocycles. The summed E-state index contributed by atoms with van der Waals surface area (Å²) in [5.74, 6) is 1.46. The molecule has 4 aromatic rings. The fraction of sp³-hybridized carbons (Fsp3) is 0.238. The average molecular weight is 472 g/mol. The second-order valence-electron chi connectivity index (χ2n) is 7.22. The number of aromatic nitrogens is 5. The van der Waals surface area contributed by atoms with E-state index >= 15 is 0 Å². The molecule has 1 fully saturated rings. The summed E-state index contributed by atoms with van der Waals surface area (Å²) in [6, 6.07) is 9.53. The zero-order valence-electron chi connectivity index (χ0n) is 16.8. The van der Waals surface area contributed by atoms with Crippen LogP contribution < -0.4 is 15.4 Å². The second kappa shape index (κ2) is 8.87. The number of morpholine rings is 1. The number of anilines is 1. The predicted molar refractivity (Wildman–Crippen MR) is 122 cm³/mol. The van der Waals surface area contributed by atoms with E-state index in [4.69, 9.17) is 38.4 Å². The summed E-state index contributed by atoms with van der Waals surface area (Å²) in [4.78, 5) is 6.82. The highest BCUT2D eigenvalue weighted by molar-refractivity contribution is 6.35. The Morgan fingerprint density at radius 1 is 1.12 bits per heavy atom. The lowest BCUT2D eigenvalue weighted by molar-refractivity contribution is 0.122. The van der Waals surface area contributed by atoms with Crippen LogP contribution in [0.2, 0.25) is 10.2 Å². The van der Waals surface area contributed by atoms with Crippen molar-refractivity contribution in [3.05, 3.63) is 58.5 Å². The Morgan fingerprint density at radius 3 is 2.72 bits per heavy atom. The van der Waals surface area contributed by atoms with Crippen molar-refractivity contribution in [2.75, 3.05) is 31.2 Å². The molecule has 0 bridgehead atoms. The van der Waals surface area contributed by atoms with E-state index in [0.717, 1.165) is 41.1 Å². The molecule has 0 radical (unpaired) electrons. The highest BCUT2D eigenvalue weighted by Crippen LogP contribution is 2.33. The highest BCUT2D eigenvalue weighted by Gasteiger charge is 2.19. The molecular formula is C21H19Cl2N7O2. The maximum atomic E-state index is 6.18. The van der Waals surface area contributed by atoms with Crippen molar-refractivity contribution in [2.24, 2.45) is 5.73 Å². The molecule has 0 spiro atoms. The lowest BCUT2D eigenvalue weighted by atomic mass is 10.1. The van der Waals surface area contributed by atoms with Gasteiger partial charge < -0.3 is 14.4 Å². The molecule has 32 heavy (non-hydrogen) atoms. The first-order valence-electron chi connectivity index (χ1n) is 9.96. The standard InChI is InChI=1S/C21H19Cl2N7O2/c22-15-11-26-29-20(23)18(15)21(24)32-13-2-3-16-14(9-13)19(28-27-16)12-1-4-17(25-10-12)30-5-7-31-8-6-30/h1-4,9-11,21H,5-8,24H2,(H,27,28)/t21-/m0/s1. The van der Waals surface area contributed by atoms with Crippen LogP contribution in [-0.4, -0.2) is 51.7 Å². The van der Waals surface area contributed by atoms with Gasteiger partial charge in [0.1, 0.15) is 17.3 Å². The molecule has 9 nitrogen and oxygen atoms in total. The number of halogens is 2. The molecule has 1 aliphatic heterocycles. The van der Waals surface area contributed by atoms with Crippen molar-refractivity contribution in [1.82, 2.24) is 25.4 Å². The minimum absolute atomic E-state index is 0.0986. The van der Waals surface area contributed by atoms with Crippen molar-refractivity contribution in [3.63, 3.8) is 0 Å². The van der Waals surface area contributed by atoms with E-state index in [-0.39, 0.29) is 10.2 Å². The largest absolute Gasteiger partial charge is 0.471 e. The molecule has 4 heterocycles. The topological polar surface area (TPSA) is 115 Å². The van der Waals surface area contributed by atoms with Gasteiger partial charge in [-0.2, -0.15) is 10.2 Å². The normalized spacial score (nSPS) is 15.2. The van der Waals surface area contributed by atoms with Gasteiger partial charge in [-0.15, -0.1) is 5.10 Å². The third kappa shape index (κ3) is 4.07. The summed E-state index contributed by atoms with van der Waals surface area (Å²) in [6.07, 6.45) is 2.28. The van der Waals surface area contributed by atoms with Crippen LogP contribution in [0.1, 0.15) is 11.8 Å². The summed E-state index contributed by atoms with van der Waals surface area (Å²) < 4.78 is 11.3. The zero-order valence-corrected chi connectivity index (χ0v) is 18.3. The van der Waals surface area contributed by atoms with Gasteiger partial charge in [0, 0.05) is 30.2 Å². The average Bonchev–Trinajstić information content (AvgIpc) is 3.23. The molecule has 1 aromatic carbocycles. The van der Waals surface area contributed by atoms with Crippen LogP contribution in [0.5, 0.6) is 5.75 Å². The fourth-order valence-electron chi connectivity index (χ4n) is 3.60.